The maximum atomic E-state index is 11.6. The second-order valence-electron chi connectivity index (χ2n) is 3.57. The zero-order chi connectivity index (χ0) is 12.7. The first-order valence-electron chi connectivity index (χ1n) is 5.45. The van der Waals surface area contributed by atoms with Crippen molar-refractivity contribution >= 4 is 29.3 Å². The van der Waals surface area contributed by atoms with Crippen LogP contribution in [0.4, 0.5) is 0 Å². The number of thioether (sulfide) groups is 1. The molecule has 0 heterocycles. The Hall–Kier alpha value is -0.710. The third-order valence-electron chi connectivity index (χ3n) is 2.27. The van der Waals surface area contributed by atoms with E-state index in [9.17, 15) is 4.79 Å². The molecular weight excluding hydrogens is 258 g/mol. The highest BCUT2D eigenvalue weighted by Gasteiger charge is 2.10. The number of aliphatic hydroxyl groups is 1. The predicted molar refractivity (Wildman–Crippen MR) is 71.5 cm³/mol. The molecule has 2 N–H and O–H groups in total. The summed E-state index contributed by atoms with van der Waals surface area (Å²) in [5.74, 6) is 0.219. The van der Waals surface area contributed by atoms with Crippen molar-refractivity contribution in [2.45, 2.75) is 24.3 Å². The summed E-state index contributed by atoms with van der Waals surface area (Å²) < 4.78 is 0. The summed E-state index contributed by atoms with van der Waals surface area (Å²) in [5, 5.41) is 12.4. The van der Waals surface area contributed by atoms with Crippen LogP contribution in [-0.4, -0.2) is 29.4 Å². The Kier molecular flexibility index (Phi) is 6.40. The standard InChI is InChI=1S/C12H16ClNO2S/c1-2-9(7-15)14-12(16)8-17-11-6-4-3-5-10(11)13/h3-6,9,15H,2,7-8H2,1H3,(H,14,16)/t9-/m0/s1. The topological polar surface area (TPSA) is 49.3 Å². The van der Waals surface area contributed by atoms with E-state index in [4.69, 9.17) is 16.7 Å². The molecule has 0 aromatic heterocycles. The fourth-order valence-corrected chi connectivity index (χ4v) is 2.30. The number of nitrogens with one attached hydrogen (secondary N) is 1. The van der Waals surface area contributed by atoms with Gasteiger partial charge in [-0.2, -0.15) is 0 Å². The molecule has 0 radical (unpaired) electrons. The Balaban J connectivity index is 2.41. The van der Waals surface area contributed by atoms with E-state index in [1.807, 2.05) is 25.1 Å². The van der Waals surface area contributed by atoms with Crippen LogP contribution in [0.2, 0.25) is 5.02 Å². The number of benzene rings is 1. The van der Waals surface area contributed by atoms with E-state index in [2.05, 4.69) is 5.32 Å². The highest BCUT2D eigenvalue weighted by atomic mass is 35.5. The van der Waals surface area contributed by atoms with Gasteiger partial charge in [-0.3, -0.25) is 4.79 Å². The highest BCUT2D eigenvalue weighted by molar-refractivity contribution is 8.00. The number of carbonyl (C=O) groups is 1. The zero-order valence-electron chi connectivity index (χ0n) is 9.65. The minimum Gasteiger partial charge on any atom is -0.394 e. The van der Waals surface area contributed by atoms with Gasteiger partial charge in [-0.05, 0) is 18.6 Å². The first kappa shape index (κ1) is 14.4. The van der Waals surface area contributed by atoms with Crippen LogP contribution >= 0.6 is 23.4 Å². The molecule has 1 amide bonds. The van der Waals surface area contributed by atoms with Crippen LogP contribution in [-0.2, 0) is 4.79 Å². The summed E-state index contributed by atoms with van der Waals surface area (Å²) >= 11 is 7.37. The number of carbonyl (C=O) groups excluding carboxylic acids is 1. The van der Waals surface area contributed by atoms with Gasteiger partial charge in [0.2, 0.25) is 5.91 Å². The second-order valence-corrected chi connectivity index (χ2v) is 5.00. The predicted octanol–water partition coefficient (Wildman–Crippen LogP) is 2.32. The monoisotopic (exact) mass is 273 g/mol. The summed E-state index contributed by atoms with van der Waals surface area (Å²) in [5.41, 5.74) is 0. The van der Waals surface area contributed by atoms with Gasteiger partial charge in [0.15, 0.2) is 0 Å². The Morgan fingerprint density at radius 2 is 2.24 bits per heavy atom. The maximum absolute atomic E-state index is 11.6. The lowest BCUT2D eigenvalue weighted by Gasteiger charge is -2.13. The Morgan fingerprint density at radius 3 is 2.82 bits per heavy atom. The molecule has 0 saturated heterocycles. The zero-order valence-corrected chi connectivity index (χ0v) is 11.2. The lowest BCUT2D eigenvalue weighted by atomic mass is 10.2. The van der Waals surface area contributed by atoms with Gasteiger partial charge < -0.3 is 10.4 Å². The molecule has 3 nitrogen and oxygen atoms in total. The number of hydrogen-bond acceptors (Lipinski definition) is 3. The molecule has 0 saturated carbocycles. The van der Waals surface area contributed by atoms with E-state index in [1.165, 1.54) is 11.8 Å². The largest absolute Gasteiger partial charge is 0.394 e. The van der Waals surface area contributed by atoms with Gasteiger partial charge in [0.1, 0.15) is 0 Å². The fraction of sp³-hybridized carbons (Fsp3) is 0.417. The first-order valence-corrected chi connectivity index (χ1v) is 6.81. The molecule has 0 aliphatic rings. The van der Waals surface area contributed by atoms with Crippen LogP contribution in [0.1, 0.15) is 13.3 Å². The average molecular weight is 274 g/mol. The van der Waals surface area contributed by atoms with Gasteiger partial charge >= 0.3 is 0 Å². The van der Waals surface area contributed by atoms with Crippen molar-refractivity contribution in [2.24, 2.45) is 0 Å². The van der Waals surface area contributed by atoms with Crippen LogP contribution in [0.3, 0.4) is 0 Å². The molecule has 0 spiro atoms. The molecule has 1 atom stereocenters. The normalized spacial score (nSPS) is 12.2. The maximum Gasteiger partial charge on any atom is 0.230 e. The van der Waals surface area contributed by atoms with Gasteiger partial charge in [0.05, 0.1) is 23.4 Å². The van der Waals surface area contributed by atoms with Gasteiger partial charge in [-0.25, -0.2) is 0 Å². The van der Waals surface area contributed by atoms with Crippen LogP contribution in [0.25, 0.3) is 0 Å². The molecule has 0 unspecified atom stereocenters. The lowest BCUT2D eigenvalue weighted by molar-refractivity contribution is -0.119. The van der Waals surface area contributed by atoms with Crippen molar-refractivity contribution in [3.05, 3.63) is 29.3 Å². The van der Waals surface area contributed by atoms with Crippen molar-refractivity contribution in [1.29, 1.82) is 0 Å². The molecule has 0 bridgehead atoms. The Bertz CT molecular complexity index is 369. The van der Waals surface area contributed by atoms with Gasteiger partial charge in [0, 0.05) is 4.90 Å². The summed E-state index contributed by atoms with van der Waals surface area (Å²) in [7, 11) is 0. The first-order chi connectivity index (χ1) is 8.17. The van der Waals surface area contributed by atoms with E-state index < -0.39 is 0 Å². The molecule has 1 aromatic rings. The molecule has 1 aromatic carbocycles. The molecule has 0 aliphatic heterocycles. The molecule has 5 heteroatoms. The van der Waals surface area contributed by atoms with Crippen molar-refractivity contribution in [3.8, 4) is 0 Å². The van der Waals surface area contributed by atoms with Crippen LogP contribution < -0.4 is 5.32 Å². The second kappa shape index (κ2) is 7.58. The molecule has 94 valence electrons. The minimum absolute atomic E-state index is 0.0288. The van der Waals surface area contributed by atoms with Crippen LogP contribution in [0.15, 0.2) is 29.2 Å². The van der Waals surface area contributed by atoms with Crippen molar-refractivity contribution < 1.29 is 9.90 Å². The van der Waals surface area contributed by atoms with E-state index in [-0.39, 0.29) is 18.6 Å². The number of rotatable bonds is 6. The SMILES string of the molecule is CC[C@@H](CO)NC(=O)CSc1ccccc1Cl. The third-order valence-corrected chi connectivity index (χ3v) is 3.79. The summed E-state index contributed by atoms with van der Waals surface area (Å²) in [6.45, 7) is 1.89. The number of hydrogen-bond donors (Lipinski definition) is 2. The molecular formula is C12H16ClNO2S. The van der Waals surface area contributed by atoms with Gasteiger partial charge in [-0.1, -0.05) is 30.7 Å². The van der Waals surface area contributed by atoms with E-state index in [0.29, 0.717) is 10.8 Å². The Labute approximate surface area is 111 Å². The number of aliphatic hydroxyl groups excluding tert-OH is 1. The molecule has 1 rings (SSSR count). The van der Waals surface area contributed by atoms with Crippen molar-refractivity contribution in [2.75, 3.05) is 12.4 Å². The summed E-state index contributed by atoms with van der Waals surface area (Å²) in [6, 6.07) is 7.25. The summed E-state index contributed by atoms with van der Waals surface area (Å²) in [4.78, 5) is 12.5. The lowest BCUT2D eigenvalue weighted by Crippen LogP contribution is -2.37. The van der Waals surface area contributed by atoms with E-state index in [0.717, 1.165) is 11.3 Å². The average Bonchev–Trinajstić information content (AvgIpc) is 2.35. The van der Waals surface area contributed by atoms with Crippen molar-refractivity contribution in [1.82, 2.24) is 5.32 Å². The highest BCUT2D eigenvalue weighted by Crippen LogP contribution is 2.26. The number of amides is 1. The van der Waals surface area contributed by atoms with Crippen molar-refractivity contribution in [3.63, 3.8) is 0 Å². The van der Waals surface area contributed by atoms with Crippen LogP contribution in [0, 0.1) is 0 Å². The minimum atomic E-state index is -0.158. The van der Waals surface area contributed by atoms with Gasteiger partial charge in [-0.15, -0.1) is 11.8 Å². The molecule has 0 fully saturated rings. The van der Waals surface area contributed by atoms with E-state index in [1.54, 1.807) is 6.07 Å². The molecule has 17 heavy (non-hydrogen) atoms. The van der Waals surface area contributed by atoms with Gasteiger partial charge in [0.25, 0.3) is 0 Å². The Morgan fingerprint density at radius 1 is 1.53 bits per heavy atom. The smallest absolute Gasteiger partial charge is 0.230 e. The molecule has 0 aliphatic carbocycles. The number of halogens is 1. The van der Waals surface area contributed by atoms with E-state index >= 15 is 0 Å². The summed E-state index contributed by atoms with van der Waals surface area (Å²) in [6.07, 6.45) is 0.721. The fourth-order valence-electron chi connectivity index (χ4n) is 1.25. The third kappa shape index (κ3) is 4.98. The van der Waals surface area contributed by atoms with Crippen LogP contribution in [0.5, 0.6) is 0 Å². The quantitative estimate of drug-likeness (QED) is 0.782.